The van der Waals surface area contributed by atoms with E-state index in [0.717, 1.165) is 44.2 Å². The van der Waals surface area contributed by atoms with Gasteiger partial charge in [0.15, 0.2) is 0 Å². The quantitative estimate of drug-likeness (QED) is 0.316. The van der Waals surface area contributed by atoms with Crippen molar-refractivity contribution in [3.63, 3.8) is 0 Å². The Labute approximate surface area is 180 Å². The van der Waals surface area contributed by atoms with E-state index in [-0.39, 0.29) is 6.03 Å². The molecule has 2 amide bonds. The number of amides is 2. The van der Waals surface area contributed by atoms with Crippen LogP contribution in [0.2, 0.25) is 0 Å². The van der Waals surface area contributed by atoms with Crippen LogP contribution in [0.3, 0.4) is 0 Å². The molecular weight excluding hydrogens is 384 g/mol. The van der Waals surface area contributed by atoms with Gasteiger partial charge in [-0.1, -0.05) is 66.7 Å². The minimum absolute atomic E-state index is 0.313. The van der Waals surface area contributed by atoms with Crippen LogP contribution in [0.4, 0.5) is 16.2 Å². The van der Waals surface area contributed by atoms with Gasteiger partial charge in [-0.3, -0.25) is 4.68 Å². The zero-order chi connectivity index (χ0) is 21.4. The van der Waals surface area contributed by atoms with Crippen LogP contribution in [-0.2, 0) is 0 Å². The average molecular weight is 406 g/mol. The Morgan fingerprint density at radius 1 is 0.839 bits per heavy atom. The van der Waals surface area contributed by atoms with Gasteiger partial charge in [0.1, 0.15) is 0 Å². The van der Waals surface area contributed by atoms with Crippen molar-refractivity contribution in [3.05, 3.63) is 96.7 Å². The second-order valence-electron chi connectivity index (χ2n) is 7.50. The predicted molar refractivity (Wildman–Crippen MR) is 129 cm³/mol. The van der Waals surface area contributed by atoms with E-state index in [1.54, 1.807) is 0 Å². The molecule has 0 aliphatic carbocycles. The fraction of sp³-hybridized carbons (Fsp3) is 0.0385. The first kappa shape index (κ1) is 18.8. The first-order valence-electron chi connectivity index (χ1n) is 10.1. The Balaban J connectivity index is 1.71. The zero-order valence-electron chi connectivity index (χ0n) is 17.1. The number of benzene rings is 4. The van der Waals surface area contributed by atoms with Crippen LogP contribution in [0, 0.1) is 6.92 Å². The predicted octanol–water partition coefficient (Wildman–Crippen LogP) is 6.13. The summed E-state index contributed by atoms with van der Waals surface area (Å²) in [5.41, 5.74) is 14.6. The molecule has 0 saturated carbocycles. The minimum Gasteiger partial charge on any atom is -0.398 e. The average Bonchev–Trinajstić information content (AvgIpc) is 3.06. The summed E-state index contributed by atoms with van der Waals surface area (Å²) in [5.74, 6) is 0. The molecule has 0 atom stereocenters. The molecule has 0 bridgehead atoms. The molecule has 1 heterocycles. The Bertz CT molecular complexity index is 1420. The molecule has 5 rings (SSSR count). The number of nitrogen functional groups attached to an aromatic ring is 1. The lowest BCUT2D eigenvalue weighted by Gasteiger charge is -2.12. The number of hydrogen-bond donors (Lipinski definition) is 3. The van der Waals surface area contributed by atoms with Gasteiger partial charge in [0, 0.05) is 33.6 Å². The largest absolute Gasteiger partial charge is 0.398 e. The zero-order valence-corrected chi connectivity index (χ0v) is 17.1. The summed E-state index contributed by atoms with van der Waals surface area (Å²) in [4.78, 5) is 12.8. The second kappa shape index (κ2) is 7.54. The third-order valence-electron chi connectivity index (χ3n) is 5.57. The standard InChI is InChI=1S/C26H22N4O/c1-17-24(21-13-7-8-14-22(21)27)25-20-12-6-5-9-18(20)15-16-23(25)30(17)29-26(31)28-19-10-3-2-4-11-19/h2-16H,27H2,1H3,(H2,28,29,31). The van der Waals surface area contributed by atoms with E-state index in [2.05, 4.69) is 28.9 Å². The molecule has 152 valence electrons. The highest BCUT2D eigenvalue weighted by molar-refractivity contribution is 6.16. The number of carbonyl (C=O) groups excluding carboxylic acids is 1. The summed E-state index contributed by atoms with van der Waals surface area (Å²) in [6.07, 6.45) is 0. The number of urea groups is 1. The molecule has 0 spiro atoms. The minimum atomic E-state index is -0.313. The van der Waals surface area contributed by atoms with Gasteiger partial charge in [0.25, 0.3) is 0 Å². The lowest BCUT2D eigenvalue weighted by Crippen LogP contribution is -2.28. The number of fused-ring (bicyclic) bond motifs is 3. The van der Waals surface area contributed by atoms with Gasteiger partial charge >= 0.3 is 6.03 Å². The van der Waals surface area contributed by atoms with Crippen molar-refractivity contribution in [2.24, 2.45) is 0 Å². The summed E-state index contributed by atoms with van der Waals surface area (Å²) in [5, 5.41) is 6.20. The van der Waals surface area contributed by atoms with E-state index in [0.29, 0.717) is 5.69 Å². The maximum atomic E-state index is 12.8. The highest BCUT2D eigenvalue weighted by Crippen LogP contribution is 2.40. The topological polar surface area (TPSA) is 72.1 Å². The number of aromatic nitrogens is 1. The third kappa shape index (κ3) is 3.26. The SMILES string of the molecule is Cc1c(-c2ccccc2N)c2c3ccccc3ccc2n1NC(=O)Nc1ccccc1. The summed E-state index contributed by atoms with van der Waals surface area (Å²) in [6.45, 7) is 2.00. The molecule has 0 aliphatic rings. The van der Waals surface area contributed by atoms with Crippen LogP contribution in [-0.4, -0.2) is 10.7 Å². The van der Waals surface area contributed by atoms with E-state index in [9.17, 15) is 4.79 Å². The van der Waals surface area contributed by atoms with Gasteiger partial charge in [-0.15, -0.1) is 0 Å². The molecule has 0 unspecified atom stereocenters. The number of nitrogens with zero attached hydrogens (tertiary/aromatic N) is 1. The molecule has 5 heteroatoms. The van der Waals surface area contributed by atoms with Crippen LogP contribution in [0.1, 0.15) is 5.69 Å². The smallest absolute Gasteiger partial charge is 0.338 e. The van der Waals surface area contributed by atoms with Crippen molar-refractivity contribution < 1.29 is 4.79 Å². The summed E-state index contributed by atoms with van der Waals surface area (Å²) in [6, 6.07) is 29.3. The highest BCUT2D eigenvalue weighted by atomic mass is 16.2. The van der Waals surface area contributed by atoms with Crippen molar-refractivity contribution >= 4 is 39.1 Å². The Morgan fingerprint density at radius 3 is 2.35 bits per heavy atom. The van der Waals surface area contributed by atoms with Crippen LogP contribution in [0.15, 0.2) is 91.0 Å². The van der Waals surface area contributed by atoms with E-state index in [1.807, 2.05) is 84.4 Å². The van der Waals surface area contributed by atoms with Crippen LogP contribution >= 0.6 is 0 Å². The summed E-state index contributed by atoms with van der Waals surface area (Å²) < 4.78 is 1.84. The maximum absolute atomic E-state index is 12.8. The van der Waals surface area contributed by atoms with Crippen LogP contribution in [0.25, 0.3) is 32.8 Å². The van der Waals surface area contributed by atoms with Gasteiger partial charge in [-0.2, -0.15) is 0 Å². The van der Waals surface area contributed by atoms with Crippen LogP contribution in [0.5, 0.6) is 0 Å². The van der Waals surface area contributed by atoms with Gasteiger partial charge in [-0.25, -0.2) is 10.2 Å². The number of carbonyl (C=O) groups is 1. The monoisotopic (exact) mass is 406 g/mol. The van der Waals surface area contributed by atoms with Gasteiger partial charge in [-0.05, 0) is 42.0 Å². The lowest BCUT2D eigenvalue weighted by molar-refractivity contribution is 0.260. The Kier molecular flexibility index (Phi) is 4.56. The number of para-hydroxylation sites is 2. The molecular formula is C26H22N4O. The van der Waals surface area contributed by atoms with Gasteiger partial charge in [0.2, 0.25) is 0 Å². The van der Waals surface area contributed by atoms with Crippen molar-refractivity contribution in [1.29, 1.82) is 0 Å². The van der Waals surface area contributed by atoms with Gasteiger partial charge in [0.05, 0.1) is 5.52 Å². The molecule has 0 fully saturated rings. The highest BCUT2D eigenvalue weighted by Gasteiger charge is 2.20. The fourth-order valence-electron chi connectivity index (χ4n) is 4.16. The Morgan fingerprint density at radius 2 is 1.55 bits per heavy atom. The molecule has 0 aliphatic heterocycles. The van der Waals surface area contributed by atoms with Crippen LogP contribution < -0.4 is 16.5 Å². The van der Waals surface area contributed by atoms with E-state index in [4.69, 9.17) is 5.73 Å². The summed E-state index contributed by atoms with van der Waals surface area (Å²) >= 11 is 0. The van der Waals surface area contributed by atoms with Crippen molar-refractivity contribution in [2.45, 2.75) is 6.92 Å². The molecule has 0 radical (unpaired) electrons. The number of nitrogens with one attached hydrogen (secondary N) is 2. The fourth-order valence-corrected chi connectivity index (χ4v) is 4.16. The molecule has 4 aromatic carbocycles. The molecule has 1 aromatic heterocycles. The van der Waals surface area contributed by atoms with E-state index in [1.165, 1.54) is 0 Å². The number of anilines is 2. The van der Waals surface area contributed by atoms with Crippen molar-refractivity contribution in [1.82, 2.24) is 4.68 Å². The molecule has 31 heavy (non-hydrogen) atoms. The van der Waals surface area contributed by atoms with Crippen molar-refractivity contribution in [3.8, 4) is 11.1 Å². The first-order chi connectivity index (χ1) is 15.1. The maximum Gasteiger partial charge on any atom is 0.338 e. The Hall–Kier alpha value is -4.25. The molecule has 5 nitrogen and oxygen atoms in total. The summed E-state index contributed by atoms with van der Waals surface area (Å²) in [7, 11) is 0. The number of rotatable bonds is 3. The van der Waals surface area contributed by atoms with E-state index >= 15 is 0 Å². The van der Waals surface area contributed by atoms with E-state index < -0.39 is 0 Å². The second-order valence-corrected chi connectivity index (χ2v) is 7.50. The number of nitrogens with two attached hydrogens (primary N) is 1. The molecule has 0 saturated heterocycles. The van der Waals surface area contributed by atoms with Gasteiger partial charge < -0.3 is 11.1 Å². The molecule has 5 aromatic rings. The number of hydrogen-bond acceptors (Lipinski definition) is 2. The normalized spacial score (nSPS) is 11.0. The van der Waals surface area contributed by atoms with Crippen molar-refractivity contribution in [2.75, 3.05) is 16.5 Å². The third-order valence-corrected chi connectivity index (χ3v) is 5.57. The molecule has 4 N–H and O–H groups in total. The lowest BCUT2D eigenvalue weighted by atomic mass is 9.97. The first-order valence-corrected chi connectivity index (χ1v) is 10.1.